The van der Waals surface area contributed by atoms with E-state index < -0.39 is 0 Å². The number of hydrogen-bond acceptors (Lipinski definition) is 5. The smallest absolute Gasteiger partial charge is 0.317 e. The molecule has 7 nitrogen and oxygen atoms in total. The maximum absolute atomic E-state index is 12.5. The number of likely N-dealkylation sites (tertiary alicyclic amines) is 2. The van der Waals surface area contributed by atoms with Gasteiger partial charge in [-0.2, -0.15) is 0 Å². The van der Waals surface area contributed by atoms with Crippen molar-refractivity contribution in [2.45, 2.75) is 44.2 Å². The van der Waals surface area contributed by atoms with E-state index in [9.17, 15) is 4.79 Å². The molecule has 3 aliphatic rings. The molecule has 3 saturated heterocycles. The Bertz CT molecular complexity index is 649. The van der Waals surface area contributed by atoms with Crippen LogP contribution in [0.3, 0.4) is 0 Å². The topological polar surface area (TPSA) is 60.9 Å². The maximum atomic E-state index is 12.5. The van der Waals surface area contributed by atoms with Gasteiger partial charge < -0.3 is 24.8 Å². The molecule has 0 aliphatic carbocycles. The molecule has 4 rings (SSSR count). The van der Waals surface area contributed by atoms with Crippen LogP contribution in [0, 0.1) is 0 Å². The van der Waals surface area contributed by atoms with Crippen LogP contribution in [-0.4, -0.2) is 79.3 Å². The first-order valence-electron chi connectivity index (χ1n) is 10.3. The molecule has 1 aromatic heterocycles. The normalized spacial score (nSPS) is 26.0. The first kappa shape index (κ1) is 18.3. The average Bonchev–Trinajstić information content (AvgIpc) is 3.43. The fourth-order valence-electron chi connectivity index (χ4n) is 4.38. The van der Waals surface area contributed by atoms with Crippen LogP contribution in [0.15, 0.2) is 18.3 Å². The van der Waals surface area contributed by atoms with Crippen molar-refractivity contribution in [1.82, 2.24) is 20.1 Å². The first-order valence-corrected chi connectivity index (χ1v) is 10.3. The Balaban J connectivity index is 1.29. The number of rotatable bonds is 5. The Morgan fingerprint density at radius 3 is 2.85 bits per heavy atom. The zero-order valence-electron chi connectivity index (χ0n) is 16.3. The van der Waals surface area contributed by atoms with E-state index in [4.69, 9.17) is 4.74 Å². The van der Waals surface area contributed by atoms with Crippen molar-refractivity contribution < 1.29 is 9.53 Å². The molecule has 3 aliphatic heterocycles. The highest BCUT2D eigenvalue weighted by atomic mass is 16.5. The molecular weight excluding hydrogens is 342 g/mol. The zero-order valence-corrected chi connectivity index (χ0v) is 16.3. The number of urea groups is 1. The number of carbonyl (C=O) groups excluding carboxylic acids is 1. The van der Waals surface area contributed by atoms with Gasteiger partial charge in [-0.1, -0.05) is 0 Å². The largest absolute Gasteiger partial charge is 0.485 e. The first-order chi connectivity index (χ1) is 13.2. The molecule has 0 saturated carbocycles. The van der Waals surface area contributed by atoms with Gasteiger partial charge in [-0.3, -0.25) is 0 Å². The molecule has 2 amide bonds. The van der Waals surface area contributed by atoms with E-state index in [1.54, 1.807) is 0 Å². The second kappa shape index (κ2) is 8.33. The highest BCUT2D eigenvalue weighted by Crippen LogP contribution is 2.30. The molecule has 0 aromatic carbocycles. The number of nitrogens with one attached hydrogen (secondary N) is 1. The highest BCUT2D eigenvalue weighted by Gasteiger charge is 2.30. The number of likely N-dealkylation sites (N-methyl/N-ethyl adjacent to an activating group) is 1. The predicted molar refractivity (Wildman–Crippen MR) is 105 cm³/mol. The van der Waals surface area contributed by atoms with E-state index >= 15 is 0 Å². The maximum Gasteiger partial charge on any atom is 0.317 e. The molecule has 4 heterocycles. The van der Waals surface area contributed by atoms with Gasteiger partial charge in [0.25, 0.3) is 0 Å². The van der Waals surface area contributed by atoms with E-state index in [2.05, 4.69) is 27.1 Å². The minimum absolute atomic E-state index is 0.0346. The van der Waals surface area contributed by atoms with Crippen molar-refractivity contribution in [3.63, 3.8) is 0 Å². The van der Waals surface area contributed by atoms with Crippen molar-refractivity contribution >= 4 is 11.8 Å². The lowest BCUT2D eigenvalue weighted by Gasteiger charge is -2.23. The number of pyridine rings is 1. The summed E-state index contributed by atoms with van der Waals surface area (Å²) in [5.74, 6) is 1.79. The van der Waals surface area contributed by atoms with Gasteiger partial charge in [0, 0.05) is 44.8 Å². The number of anilines is 1. The summed E-state index contributed by atoms with van der Waals surface area (Å²) in [6, 6.07) is 4.43. The minimum atomic E-state index is 0.0346. The van der Waals surface area contributed by atoms with Gasteiger partial charge in [0.1, 0.15) is 6.10 Å². The van der Waals surface area contributed by atoms with Crippen LogP contribution in [0.4, 0.5) is 10.6 Å². The third kappa shape index (κ3) is 4.29. The van der Waals surface area contributed by atoms with E-state index in [1.807, 2.05) is 23.2 Å². The summed E-state index contributed by atoms with van der Waals surface area (Å²) in [5, 5.41) is 3.11. The fraction of sp³-hybridized carbons (Fsp3) is 0.700. The molecule has 0 bridgehead atoms. The van der Waals surface area contributed by atoms with Gasteiger partial charge in [-0.15, -0.1) is 0 Å². The predicted octanol–water partition coefficient (Wildman–Crippen LogP) is 1.94. The van der Waals surface area contributed by atoms with Crippen molar-refractivity contribution in [3.05, 3.63) is 18.3 Å². The standard InChI is InChI=1S/C20H31N5O2/c1-23-10-5-6-16(23)14-22-20(26)25-13-8-17(15-25)27-18-7-4-9-21-19(18)24-11-2-3-12-24/h4,7,9,16-17H,2-3,5-6,8,10-15H2,1H3,(H,22,26). The van der Waals surface area contributed by atoms with Gasteiger partial charge in [0.05, 0.1) is 6.54 Å². The van der Waals surface area contributed by atoms with E-state index in [1.165, 1.54) is 25.7 Å². The number of carbonyl (C=O) groups is 1. The van der Waals surface area contributed by atoms with Crippen LogP contribution in [0.25, 0.3) is 0 Å². The van der Waals surface area contributed by atoms with Crippen LogP contribution in [0.2, 0.25) is 0 Å². The number of ether oxygens (including phenoxy) is 1. The number of amides is 2. The summed E-state index contributed by atoms with van der Waals surface area (Å²) in [4.78, 5) is 23.6. The van der Waals surface area contributed by atoms with E-state index in [-0.39, 0.29) is 12.1 Å². The van der Waals surface area contributed by atoms with Crippen molar-refractivity contribution in [1.29, 1.82) is 0 Å². The lowest BCUT2D eigenvalue weighted by atomic mass is 10.2. The van der Waals surface area contributed by atoms with Crippen LogP contribution < -0.4 is 15.0 Å². The van der Waals surface area contributed by atoms with Crippen LogP contribution in [0.5, 0.6) is 5.75 Å². The van der Waals surface area contributed by atoms with Crippen LogP contribution >= 0.6 is 0 Å². The molecule has 0 spiro atoms. The molecular formula is C20H31N5O2. The second-order valence-corrected chi connectivity index (χ2v) is 7.96. The molecule has 7 heteroatoms. The van der Waals surface area contributed by atoms with Gasteiger partial charge >= 0.3 is 6.03 Å². The van der Waals surface area contributed by atoms with Crippen LogP contribution in [-0.2, 0) is 0 Å². The SMILES string of the molecule is CN1CCCC1CNC(=O)N1CCC(Oc2cccnc2N2CCCC2)C1. The summed E-state index contributed by atoms with van der Waals surface area (Å²) in [6.07, 6.45) is 7.55. The molecule has 1 N–H and O–H groups in total. The lowest BCUT2D eigenvalue weighted by molar-refractivity contribution is 0.184. The zero-order chi connectivity index (χ0) is 18.6. The second-order valence-electron chi connectivity index (χ2n) is 7.96. The molecule has 1 aromatic rings. The van der Waals surface area contributed by atoms with Crippen molar-refractivity contribution in [2.75, 3.05) is 51.2 Å². The monoisotopic (exact) mass is 373 g/mol. The molecule has 3 fully saturated rings. The molecule has 148 valence electrons. The summed E-state index contributed by atoms with van der Waals surface area (Å²) in [5.41, 5.74) is 0. The molecule has 0 radical (unpaired) electrons. The summed E-state index contributed by atoms with van der Waals surface area (Å²) in [7, 11) is 2.13. The summed E-state index contributed by atoms with van der Waals surface area (Å²) in [6.45, 7) is 5.34. The lowest BCUT2D eigenvalue weighted by Crippen LogP contribution is -2.44. The van der Waals surface area contributed by atoms with E-state index in [0.29, 0.717) is 12.6 Å². The Kier molecular flexibility index (Phi) is 5.66. The third-order valence-corrected chi connectivity index (χ3v) is 6.04. The van der Waals surface area contributed by atoms with Gasteiger partial charge in [-0.25, -0.2) is 9.78 Å². The fourth-order valence-corrected chi connectivity index (χ4v) is 4.38. The van der Waals surface area contributed by atoms with Crippen molar-refractivity contribution in [3.8, 4) is 5.75 Å². The Morgan fingerprint density at radius 2 is 2.07 bits per heavy atom. The summed E-state index contributed by atoms with van der Waals surface area (Å²) >= 11 is 0. The molecule has 27 heavy (non-hydrogen) atoms. The summed E-state index contributed by atoms with van der Waals surface area (Å²) < 4.78 is 6.26. The molecule has 2 atom stereocenters. The Hall–Kier alpha value is -2.02. The Labute approximate surface area is 161 Å². The minimum Gasteiger partial charge on any atom is -0.485 e. The van der Waals surface area contributed by atoms with Crippen LogP contribution in [0.1, 0.15) is 32.1 Å². The number of hydrogen-bond donors (Lipinski definition) is 1. The average molecular weight is 374 g/mol. The quantitative estimate of drug-likeness (QED) is 0.855. The Morgan fingerprint density at radius 1 is 1.22 bits per heavy atom. The number of aromatic nitrogens is 1. The third-order valence-electron chi connectivity index (χ3n) is 6.04. The van der Waals surface area contributed by atoms with Gasteiger partial charge in [0.15, 0.2) is 11.6 Å². The highest BCUT2D eigenvalue weighted by molar-refractivity contribution is 5.74. The molecule has 2 unspecified atom stereocenters. The van der Waals surface area contributed by atoms with Gasteiger partial charge in [-0.05, 0) is 51.4 Å². The van der Waals surface area contributed by atoms with Gasteiger partial charge in [0.2, 0.25) is 0 Å². The van der Waals surface area contributed by atoms with Crippen molar-refractivity contribution in [2.24, 2.45) is 0 Å². The van der Waals surface area contributed by atoms with E-state index in [0.717, 1.165) is 50.7 Å². The number of nitrogens with zero attached hydrogens (tertiary/aromatic N) is 4.